The third-order valence-corrected chi connectivity index (χ3v) is 5.09. The van der Waals surface area contributed by atoms with Crippen molar-refractivity contribution in [3.05, 3.63) is 59.8 Å². The molecule has 1 saturated heterocycles. The predicted molar refractivity (Wildman–Crippen MR) is 101 cm³/mol. The number of rotatable bonds is 4. The van der Waals surface area contributed by atoms with Gasteiger partial charge in [-0.3, -0.25) is 9.20 Å². The zero-order valence-corrected chi connectivity index (χ0v) is 14.9. The molecule has 0 bridgehead atoms. The van der Waals surface area contributed by atoms with Gasteiger partial charge in [0.15, 0.2) is 5.65 Å². The van der Waals surface area contributed by atoms with E-state index in [2.05, 4.69) is 39.5 Å². The van der Waals surface area contributed by atoms with Crippen LogP contribution in [0.3, 0.4) is 0 Å². The third-order valence-electron chi connectivity index (χ3n) is 5.09. The molecule has 1 atom stereocenters. The van der Waals surface area contributed by atoms with E-state index in [1.54, 1.807) is 0 Å². The quantitative estimate of drug-likeness (QED) is 0.786. The molecule has 26 heavy (non-hydrogen) atoms. The molecule has 1 aliphatic heterocycles. The SMILES string of the molecule is Cc1ccccc1CNC(=O)[C@@H]1CCCN(c2nnc3ccccn23)C1. The number of aromatic nitrogens is 3. The standard InChI is InChI=1S/C20H23N5O/c1-15-7-2-3-8-16(15)13-21-19(26)17-9-6-11-24(14-17)20-23-22-18-10-4-5-12-25(18)20/h2-5,7-8,10,12,17H,6,9,11,13-14H2,1H3,(H,21,26)/t17-/m1/s1. The van der Waals surface area contributed by atoms with Crippen LogP contribution in [-0.2, 0) is 11.3 Å². The molecule has 1 aliphatic rings. The Morgan fingerprint density at radius 3 is 2.92 bits per heavy atom. The van der Waals surface area contributed by atoms with Crippen LogP contribution in [0.25, 0.3) is 5.65 Å². The highest BCUT2D eigenvalue weighted by Crippen LogP contribution is 2.22. The molecule has 0 unspecified atom stereocenters. The molecule has 0 spiro atoms. The van der Waals surface area contributed by atoms with Gasteiger partial charge in [-0.1, -0.05) is 30.3 Å². The average molecular weight is 349 g/mol. The van der Waals surface area contributed by atoms with Gasteiger partial charge in [0, 0.05) is 25.8 Å². The Morgan fingerprint density at radius 1 is 1.19 bits per heavy atom. The topological polar surface area (TPSA) is 62.5 Å². The summed E-state index contributed by atoms with van der Waals surface area (Å²) in [5, 5.41) is 11.6. The Bertz CT molecular complexity index is 919. The van der Waals surface area contributed by atoms with Crippen LogP contribution in [0.1, 0.15) is 24.0 Å². The van der Waals surface area contributed by atoms with Crippen molar-refractivity contribution in [1.29, 1.82) is 0 Å². The maximum absolute atomic E-state index is 12.7. The van der Waals surface area contributed by atoms with E-state index in [0.29, 0.717) is 13.1 Å². The Morgan fingerprint density at radius 2 is 2.04 bits per heavy atom. The molecule has 4 rings (SSSR count). The third kappa shape index (κ3) is 3.27. The summed E-state index contributed by atoms with van der Waals surface area (Å²) in [5.41, 5.74) is 3.19. The number of fused-ring (bicyclic) bond motifs is 1. The fourth-order valence-corrected chi connectivity index (χ4v) is 3.55. The predicted octanol–water partition coefficient (Wildman–Crippen LogP) is 2.57. The fourth-order valence-electron chi connectivity index (χ4n) is 3.55. The van der Waals surface area contributed by atoms with Crippen LogP contribution in [0.15, 0.2) is 48.7 Å². The normalized spacial score (nSPS) is 17.4. The number of anilines is 1. The van der Waals surface area contributed by atoms with Crippen molar-refractivity contribution in [2.24, 2.45) is 5.92 Å². The van der Waals surface area contributed by atoms with Crippen molar-refractivity contribution >= 4 is 17.5 Å². The van der Waals surface area contributed by atoms with Gasteiger partial charge >= 0.3 is 0 Å². The summed E-state index contributed by atoms with van der Waals surface area (Å²) in [7, 11) is 0. The first-order valence-electron chi connectivity index (χ1n) is 9.09. The molecule has 2 aromatic heterocycles. The van der Waals surface area contributed by atoms with E-state index in [4.69, 9.17) is 0 Å². The fraction of sp³-hybridized carbons (Fsp3) is 0.350. The molecule has 1 aromatic carbocycles. The monoisotopic (exact) mass is 349 g/mol. The van der Waals surface area contributed by atoms with Crippen molar-refractivity contribution in [3.8, 4) is 0 Å². The number of carbonyl (C=O) groups excluding carboxylic acids is 1. The largest absolute Gasteiger partial charge is 0.352 e. The van der Waals surface area contributed by atoms with Crippen molar-refractivity contribution in [3.63, 3.8) is 0 Å². The van der Waals surface area contributed by atoms with Crippen molar-refractivity contribution in [2.75, 3.05) is 18.0 Å². The second-order valence-electron chi connectivity index (χ2n) is 6.86. The highest BCUT2D eigenvalue weighted by Gasteiger charge is 2.28. The first-order valence-corrected chi connectivity index (χ1v) is 9.09. The number of hydrogen-bond donors (Lipinski definition) is 1. The summed E-state index contributed by atoms with van der Waals surface area (Å²) in [6, 6.07) is 14.0. The molecule has 1 amide bonds. The zero-order chi connectivity index (χ0) is 17.9. The van der Waals surface area contributed by atoms with Gasteiger partial charge < -0.3 is 10.2 Å². The molecule has 0 radical (unpaired) electrons. The van der Waals surface area contributed by atoms with Crippen LogP contribution < -0.4 is 10.2 Å². The zero-order valence-electron chi connectivity index (χ0n) is 14.9. The molecule has 1 N–H and O–H groups in total. The van der Waals surface area contributed by atoms with Crippen LogP contribution in [0.5, 0.6) is 0 Å². The summed E-state index contributed by atoms with van der Waals surface area (Å²) in [5.74, 6) is 0.910. The van der Waals surface area contributed by atoms with Gasteiger partial charge in [0.1, 0.15) is 0 Å². The summed E-state index contributed by atoms with van der Waals surface area (Å²) in [6.07, 6.45) is 3.85. The van der Waals surface area contributed by atoms with Gasteiger partial charge in [-0.25, -0.2) is 0 Å². The lowest BCUT2D eigenvalue weighted by molar-refractivity contribution is -0.125. The molecule has 6 heteroatoms. The van der Waals surface area contributed by atoms with E-state index in [1.165, 1.54) is 5.56 Å². The molecule has 0 saturated carbocycles. The lowest BCUT2D eigenvalue weighted by Gasteiger charge is -2.32. The van der Waals surface area contributed by atoms with Crippen molar-refractivity contribution < 1.29 is 4.79 Å². The van der Waals surface area contributed by atoms with Crippen LogP contribution in [0.4, 0.5) is 5.95 Å². The number of benzene rings is 1. The lowest BCUT2D eigenvalue weighted by atomic mass is 9.97. The first-order chi connectivity index (χ1) is 12.7. The van der Waals surface area contributed by atoms with E-state index < -0.39 is 0 Å². The minimum absolute atomic E-state index is 0.0242. The van der Waals surface area contributed by atoms with Gasteiger partial charge in [-0.05, 0) is 43.0 Å². The second-order valence-corrected chi connectivity index (χ2v) is 6.86. The summed E-state index contributed by atoms with van der Waals surface area (Å²) >= 11 is 0. The summed E-state index contributed by atoms with van der Waals surface area (Å²) in [6.45, 7) is 4.22. The van der Waals surface area contributed by atoms with Crippen LogP contribution in [-0.4, -0.2) is 33.6 Å². The Labute approximate surface area is 152 Å². The highest BCUT2D eigenvalue weighted by molar-refractivity contribution is 5.79. The summed E-state index contributed by atoms with van der Waals surface area (Å²) in [4.78, 5) is 14.8. The molecule has 134 valence electrons. The minimum atomic E-state index is -0.0242. The van der Waals surface area contributed by atoms with Gasteiger partial charge in [0.25, 0.3) is 0 Å². The van der Waals surface area contributed by atoms with Crippen molar-refractivity contribution in [2.45, 2.75) is 26.3 Å². The Hall–Kier alpha value is -2.89. The van der Waals surface area contributed by atoms with Crippen LogP contribution in [0, 0.1) is 12.8 Å². The summed E-state index contributed by atoms with van der Waals surface area (Å²) < 4.78 is 1.98. The second kappa shape index (κ2) is 7.15. The first kappa shape index (κ1) is 16.6. The van der Waals surface area contributed by atoms with E-state index in [-0.39, 0.29) is 11.8 Å². The minimum Gasteiger partial charge on any atom is -0.352 e. The molecular formula is C20H23N5O. The highest BCUT2D eigenvalue weighted by atomic mass is 16.1. The number of carbonyl (C=O) groups is 1. The van der Waals surface area contributed by atoms with Gasteiger partial charge in [-0.15, -0.1) is 10.2 Å². The average Bonchev–Trinajstić information content (AvgIpc) is 3.11. The maximum atomic E-state index is 12.7. The van der Waals surface area contributed by atoms with E-state index in [9.17, 15) is 4.79 Å². The molecule has 3 aromatic rings. The number of hydrogen-bond acceptors (Lipinski definition) is 4. The molecule has 1 fully saturated rings. The van der Waals surface area contributed by atoms with Crippen LogP contribution >= 0.6 is 0 Å². The van der Waals surface area contributed by atoms with Gasteiger partial charge in [0.2, 0.25) is 11.9 Å². The van der Waals surface area contributed by atoms with E-state index in [1.807, 2.05) is 40.9 Å². The number of aryl methyl sites for hydroxylation is 1. The Kier molecular flexibility index (Phi) is 4.56. The van der Waals surface area contributed by atoms with Crippen LogP contribution in [0.2, 0.25) is 0 Å². The number of piperidine rings is 1. The number of amides is 1. The molecule has 0 aliphatic carbocycles. The van der Waals surface area contributed by atoms with E-state index in [0.717, 1.165) is 36.5 Å². The van der Waals surface area contributed by atoms with Crippen molar-refractivity contribution in [1.82, 2.24) is 19.9 Å². The van der Waals surface area contributed by atoms with E-state index >= 15 is 0 Å². The molecular weight excluding hydrogens is 326 g/mol. The lowest BCUT2D eigenvalue weighted by Crippen LogP contribution is -2.43. The smallest absolute Gasteiger partial charge is 0.231 e. The molecule has 6 nitrogen and oxygen atoms in total. The number of nitrogens with one attached hydrogen (secondary N) is 1. The number of pyridine rings is 1. The Balaban J connectivity index is 1.43. The maximum Gasteiger partial charge on any atom is 0.231 e. The van der Waals surface area contributed by atoms with Gasteiger partial charge in [0.05, 0.1) is 5.92 Å². The number of nitrogens with zero attached hydrogens (tertiary/aromatic N) is 4. The molecule has 3 heterocycles. The van der Waals surface area contributed by atoms with Gasteiger partial charge in [-0.2, -0.15) is 0 Å².